The van der Waals surface area contributed by atoms with Gasteiger partial charge in [0.2, 0.25) is 11.8 Å². The van der Waals surface area contributed by atoms with Gasteiger partial charge in [-0.2, -0.15) is 11.8 Å². The number of carboxylic acid groups (broad SMARTS) is 1. The van der Waals surface area contributed by atoms with Crippen molar-refractivity contribution in [2.24, 2.45) is 0 Å². The van der Waals surface area contributed by atoms with E-state index in [1.807, 2.05) is 0 Å². The number of aliphatic carboxylic acids is 1. The van der Waals surface area contributed by atoms with Gasteiger partial charge in [-0.25, -0.2) is 4.79 Å². The van der Waals surface area contributed by atoms with E-state index in [1.54, 1.807) is 24.3 Å². The zero-order valence-electron chi connectivity index (χ0n) is 11.8. The molecule has 0 aliphatic carbocycles. The molecule has 1 fully saturated rings. The van der Waals surface area contributed by atoms with Crippen molar-refractivity contribution in [3.63, 3.8) is 0 Å². The minimum absolute atomic E-state index is 0.0334. The number of anilines is 1. The fraction of sp³-hybridized carbons (Fsp3) is 0.400. The van der Waals surface area contributed by atoms with Crippen molar-refractivity contribution in [2.45, 2.75) is 24.3 Å². The smallest absolute Gasteiger partial charge is 0.330 e. The molecule has 2 aliphatic rings. The Morgan fingerprint density at radius 2 is 2.14 bits per heavy atom. The first kappa shape index (κ1) is 14.9. The third-order valence-electron chi connectivity index (χ3n) is 4.11. The van der Waals surface area contributed by atoms with Gasteiger partial charge in [0.1, 0.15) is 5.54 Å². The molecule has 0 aromatic heterocycles. The lowest BCUT2D eigenvalue weighted by Crippen LogP contribution is -2.56. The second kappa shape index (κ2) is 5.64. The Labute approximate surface area is 131 Å². The summed E-state index contributed by atoms with van der Waals surface area (Å²) in [6, 6.07) is 7.11. The molecule has 2 aliphatic heterocycles. The van der Waals surface area contributed by atoms with Crippen molar-refractivity contribution in [3.8, 4) is 0 Å². The highest BCUT2D eigenvalue weighted by Gasteiger charge is 2.45. The van der Waals surface area contributed by atoms with Crippen LogP contribution in [0.1, 0.15) is 24.3 Å². The van der Waals surface area contributed by atoms with E-state index in [4.69, 9.17) is 0 Å². The summed E-state index contributed by atoms with van der Waals surface area (Å²) < 4.78 is 0. The normalized spacial score (nSPS) is 26.9. The van der Waals surface area contributed by atoms with Gasteiger partial charge in [0.25, 0.3) is 0 Å². The molecular formula is C15H16N2O4S. The van der Waals surface area contributed by atoms with Crippen molar-refractivity contribution < 1.29 is 19.5 Å². The zero-order chi connectivity index (χ0) is 15.7. The predicted octanol–water partition coefficient (Wildman–Crippen LogP) is 1.19. The molecule has 2 amide bonds. The number of rotatable bonds is 3. The van der Waals surface area contributed by atoms with Gasteiger partial charge in [0, 0.05) is 17.9 Å². The van der Waals surface area contributed by atoms with Gasteiger partial charge in [-0.15, -0.1) is 0 Å². The van der Waals surface area contributed by atoms with Crippen LogP contribution in [0.4, 0.5) is 5.69 Å². The summed E-state index contributed by atoms with van der Waals surface area (Å²) in [5, 5.41) is 14.9. The predicted molar refractivity (Wildman–Crippen MR) is 82.9 cm³/mol. The van der Waals surface area contributed by atoms with Gasteiger partial charge in [-0.05, 0) is 23.8 Å². The average Bonchev–Trinajstić information content (AvgIpc) is 2.96. The third kappa shape index (κ3) is 2.56. The number of fused-ring (bicyclic) bond motifs is 1. The van der Waals surface area contributed by atoms with Crippen LogP contribution < -0.4 is 10.6 Å². The number of para-hydroxylation sites is 1. The monoisotopic (exact) mass is 320 g/mol. The van der Waals surface area contributed by atoms with E-state index < -0.39 is 23.3 Å². The Kier molecular flexibility index (Phi) is 3.82. The van der Waals surface area contributed by atoms with Gasteiger partial charge in [-0.1, -0.05) is 18.2 Å². The maximum Gasteiger partial charge on any atom is 0.330 e. The summed E-state index contributed by atoms with van der Waals surface area (Å²) >= 11 is 1.51. The van der Waals surface area contributed by atoms with Crippen molar-refractivity contribution >= 4 is 35.2 Å². The van der Waals surface area contributed by atoms with E-state index in [0.717, 1.165) is 5.56 Å². The molecule has 0 saturated carbocycles. The van der Waals surface area contributed by atoms with Crippen molar-refractivity contribution in [1.82, 2.24) is 5.32 Å². The lowest BCUT2D eigenvalue weighted by Gasteiger charge is -2.30. The number of nitrogens with one attached hydrogen (secondary N) is 2. The Balaban J connectivity index is 1.86. The molecule has 6 nitrogen and oxygen atoms in total. The summed E-state index contributed by atoms with van der Waals surface area (Å²) in [4.78, 5) is 35.9. The first-order valence-electron chi connectivity index (χ1n) is 7.04. The molecule has 2 atom stereocenters. The standard InChI is InChI=1S/C15H16N2O4S/c18-12-7-10(9-3-1-2-4-11(9)16-12)13(19)17-15(14(20)21)5-6-22-8-15/h1-4,10H,5-8H2,(H,16,18)(H,17,19)(H,20,21). The molecule has 1 aromatic rings. The summed E-state index contributed by atoms with van der Waals surface area (Å²) in [7, 11) is 0. The minimum Gasteiger partial charge on any atom is -0.479 e. The number of carbonyl (C=O) groups excluding carboxylic acids is 2. The van der Waals surface area contributed by atoms with E-state index in [1.165, 1.54) is 11.8 Å². The van der Waals surface area contributed by atoms with E-state index in [0.29, 0.717) is 23.6 Å². The second-order valence-corrected chi connectivity index (χ2v) is 6.68. The first-order chi connectivity index (χ1) is 10.5. The maximum absolute atomic E-state index is 12.6. The maximum atomic E-state index is 12.6. The van der Waals surface area contributed by atoms with Crippen LogP contribution >= 0.6 is 11.8 Å². The second-order valence-electron chi connectivity index (χ2n) is 5.57. The largest absolute Gasteiger partial charge is 0.479 e. The van der Waals surface area contributed by atoms with Gasteiger partial charge >= 0.3 is 5.97 Å². The number of thioether (sulfide) groups is 1. The molecular weight excluding hydrogens is 304 g/mol. The van der Waals surface area contributed by atoms with Crippen LogP contribution in [-0.4, -0.2) is 39.9 Å². The molecule has 1 saturated heterocycles. The quantitative estimate of drug-likeness (QED) is 0.777. The van der Waals surface area contributed by atoms with Crippen LogP contribution in [0, 0.1) is 0 Å². The number of benzene rings is 1. The van der Waals surface area contributed by atoms with E-state index in [-0.39, 0.29) is 12.3 Å². The van der Waals surface area contributed by atoms with Crippen molar-refractivity contribution in [2.75, 3.05) is 16.8 Å². The van der Waals surface area contributed by atoms with Crippen LogP contribution in [0.15, 0.2) is 24.3 Å². The molecule has 116 valence electrons. The minimum atomic E-state index is -1.22. The van der Waals surface area contributed by atoms with Crippen LogP contribution in [0.5, 0.6) is 0 Å². The summed E-state index contributed by atoms with van der Waals surface area (Å²) in [6.45, 7) is 0. The lowest BCUT2D eigenvalue weighted by molar-refractivity contribution is -0.146. The molecule has 3 rings (SSSR count). The lowest BCUT2D eigenvalue weighted by atomic mass is 9.88. The number of hydrogen-bond acceptors (Lipinski definition) is 4. The van der Waals surface area contributed by atoms with Gasteiger partial charge in [0.15, 0.2) is 0 Å². The number of hydrogen-bond donors (Lipinski definition) is 3. The number of carbonyl (C=O) groups is 3. The molecule has 1 aromatic carbocycles. The number of amides is 2. The molecule has 0 spiro atoms. The topological polar surface area (TPSA) is 95.5 Å². The van der Waals surface area contributed by atoms with Crippen molar-refractivity contribution in [3.05, 3.63) is 29.8 Å². The van der Waals surface area contributed by atoms with Crippen molar-refractivity contribution in [1.29, 1.82) is 0 Å². The Morgan fingerprint density at radius 3 is 2.82 bits per heavy atom. The van der Waals surface area contributed by atoms with E-state index in [2.05, 4.69) is 10.6 Å². The summed E-state index contributed by atoms with van der Waals surface area (Å²) in [5.41, 5.74) is 0.125. The first-order valence-corrected chi connectivity index (χ1v) is 8.19. The molecule has 22 heavy (non-hydrogen) atoms. The molecule has 0 bridgehead atoms. The van der Waals surface area contributed by atoms with Gasteiger partial charge < -0.3 is 15.7 Å². The average molecular weight is 320 g/mol. The molecule has 3 N–H and O–H groups in total. The van der Waals surface area contributed by atoms with Gasteiger partial charge in [-0.3, -0.25) is 9.59 Å². The Hall–Kier alpha value is -2.02. The van der Waals surface area contributed by atoms with Gasteiger partial charge in [0.05, 0.1) is 5.92 Å². The molecule has 0 radical (unpaired) electrons. The highest BCUT2D eigenvalue weighted by atomic mass is 32.2. The van der Waals surface area contributed by atoms with Crippen LogP contribution in [0.3, 0.4) is 0 Å². The fourth-order valence-electron chi connectivity index (χ4n) is 2.85. The summed E-state index contributed by atoms with van der Waals surface area (Å²) in [6.07, 6.45) is 0.436. The highest BCUT2D eigenvalue weighted by molar-refractivity contribution is 7.99. The third-order valence-corrected chi connectivity index (χ3v) is 5.30. The number of carboxylic acids is 1. The Bertz CT molecular complexity index is 640. The summed E-state index contributed by atoms with van der Waals surface area (Å²) in [5.74, 6) is -1.23. The van der Waals surface area contributed by atoms with E-state index in [9.17, 15) is 19.5 Å². The zero-order valence-corrected chi connectivity index (χ0v) is 12.6. The molecule has 7 heteroatoms. The molecule has 2 heterocycles. The van der Waals surface area contributed by atoms with Crippen LogP contribution in [0.25, 0.3) is 0 Å². The fourth-order valence-corrected chi connectivity index (χ4v) is 4.18. The SMILES string of the molecule is O=C1CC(C(=O)NC2(C(=O)O)CCSC2)c2ccccc2N1. The van der Waals surface area contributed by atoms with Crippen LogP contribution in [0.2, 0.25) is 0 Å². The van der Waals surface area contributed by atoms with Crippen LogP contribution in [-0.2, 0) is 14.4 Å². The molecule has 2 unspecified atom stereocenters. The Morgan fingerprint density at radius 1 is 1.36 bits per heavy atom. The van der Waals surface area contributed by atoms with E-state index >= 15 is 0 Å². The highest BCUT2D eigenvalue weighted by Crippen LogP contribution is 2.34.